The van der Waals surface area contributed by atoms with Crippen LogP contribution in [0.25, 0.3) is 0 Å². The molecule has 2 rings (SSSR count). The van der Waals surface area contributed by atoms with Crippen molar-refractivity contribution in [1.29, 1.82) is 0 Å². The molecule has 0 bridgehead atoms. The third kappa shape index (κ3) is 3.70. The molecule has 1 atom stereocenters. The van der Waals surface area contributed by atoms with Crippen molar-refractivity contribution in [2.75, 3.05) is 7.11 Å². The normalized spacial score (nSPS) is 12.2. The van der Waals surface area contributed by atoms with Crippen molar-refractivity contribution in [3.05, 3.63) is 62.7 Å². The molecule has 0 amide bonds. The predicted molar refractivity (Wildman–Crippen MR) is 85.6 cm³/mol. The molecule has 0 aliphatic heterocycles. The maximum Gasteiger partial charge on any atom is 0.122 e. The molecule has 0 saturated heterocycles. The molecule has 1 N–H and O–H groups in total. The molecular formula is C16H17IO2. The van der Waals surface area contributed by atoms with E-state index in [1.807, 2.05) is 43.3 Å². The average Bonchev–Trinajstić information content (AvgIpc) is 2.39. The summed E-state index contributed by atoms with van der Waals surface area (Å²) in [4.78, 5) is 0. The second-order valence-corrected chi connectivity index (χ2v) is 5.83. The first-order valence-corrected chi connectivity index (χ1v) is 7.25. The molecule has 19 heavy (non-hydrogen) atoms. The van der Waals surface area contributed by atoms with Gasteiger partial charge >= 0.3 is 0 Å². The van der Waals surface area contributed by atoms with Gasteiger partial charge in [-0.3, -0.25) is 0 Å². The number of aliphatic hydroxyl groups is 1. The third-order valence-electron chi connectivity index (χ3n) is 3.10. The fourth-order valence-corrected chi connectivity index (χ4v) is 2.44. The second kappa shape index (κ2) is 6.39. The minimum atomic E-state index is -0.507. The summed E-state index contributed by atoms with van der Waals surface area (Å²) in [5, 5.41) is 10.3. The first-order chi connectivity index (χ1) is 9.10. The van der Waals surface area contributed by atoms with Gasteiger partial charge in [-0.2, -0.15) is 0 Å². The van der Waals surface area contributed by atoms with Gasteiger partial charge < -0.3 is 9.84 Å². The van der Waals surface area contributed by atoms with Crippen molar-refractivity contribution >= 4 is 22.6 Å². The van der Waals surface area contributed by atoms with Gasteiger partial charge in [-0.25, -0.2) is 0 Å². The zero-order valence-electron chi connectivity index (χ0n) is 11.1. The van der Waals surface area contributed by atoms with Gasteiger partial charge in [-0.05, 0) is 58.8 Å². The van der Waals surface area contributed by atoms with Crippen LogP contribution >= 0.6 is 22.6 Å². The van der Waals surface area contributed by atoms with E-state index in [0.29, 0.717) is 6.42 Å². The van der Waals surface area contributed by atoms with Crippen LogP contribution in [-0.2, 0) is 6.42 Å². The van der Waals surface area contributed by atoms with E-state index < -0.39 is 6.10 Å². The summed E-state index contributed by atoms with van der Waals surface area (Å²) in [6.45, 7) is 2.04. The first kappa shape index (κ1) is 14.3. The third-order valence-corrected chi connectivity index (χ3v) is 3.82. The van der Waals surface area contributed by atoms with Crippen molar-refractivity contribution in [2.45, 2.75) is 19.4 Å². The van der Waals surface area contributed by atoms with Crippen molar-refractivity contribution in [1.82, 2.24) is 0 Å². The van der Waals surface area contributed by atoms with Crippen LogP contribution in [0.3, 0.4) is 0 Å². The molecule has 0 aromatic heterocycles. The molecule has 1 unspecified atom stereocenters. The van der Waals surface area contributed by atoms with E-state index in [2.05, 4.69) is 28.7 Å². The van der Waals surface area contributed by atoms with E-state index in [9.17, 15) is 5.11 Å². The van der Waals surface area contributed by atoms with Crippen molar-refractivity contribution in [2.24, 2.45) is 0 Å². The fourth-order valence-electron chi connectivity index (χ4n) is 2.08. The van der Waals surface area contributed by atoms with Gasteiger partial charge in [0.2, 0.25) is 0 Å². The Morgan fingerprint density at radius 2 is 1.84 bits per heavy atom. The molecule has 2 aromatic rings. The summed E-state index contributed by atoms with van der Waals surface area (Å²) >= 11 is 2.26. The van der Waals surface area contributed by atoms with Crippen LogP contribution in [0.2, 0.25) is 0 Å². The molecule has 0 spiro atoms. The van der Waals surface area contributed by atoms with E-state index in [-0.39, 0.29) is 0 Å². The van der Waals surface area contributed by atoms with Gasteiger partial charge in [0.1, 0.15) is 5.75 Å². The number of hydrogen-bond donors (Lipinski definition) is 1. The predicted octanol–water partition coefficient (Wildman–Crippen LogP) is 3.88. The molecule has 0 radical (unpaired) electrons. The van der Waals surface area contributed by atoms with E-state index in [1.54, 1.807) is 7.11 Å². The summed E-state index contributed by atoms with van der Waals surface area (Å²) in [5.74, 6) is 0.829. The Hall–Kier alpha value is -1.07. The van der Waals surface area contributed by atoms with Crippen LogP contribution in [0.15, 0.2) is 42.5 Å². The average molecular weight is 368 g/mol. The second-order valence-electron chi connectivity index (χ2n) is 4.59. The van der Waals surface area contributed by atoms with Gasteiger partial charge in [0, 0.05) is 9.99 Å². The quantitative estimate of drug-likeness (QED) is 0.830. The Balaban J connectivity index is 2.20. The summed E-state index contributed by atoms with van der Waals surface area (Å²) < 4.78 is 6.51. The Bertz CT molecular complexity index is 549. The van der Waals surface area contributed by atoms with Gasteiger partial charge in [0.05, 0.1) is 13.2 Å². The van der Waals surface area contributed by atoms with E-state index in [1.165, 1.54) is 9.13 Å². The molecule has 0 heterocycles. The topological polar surface area (TPSA) is 29.5 Å². The molecule has 100 valence electrons. The minimum Gasteiger partial charge on any atom is -0.496 e. The van der Waals surface area contributed by atoms with Crippen LogP contribution in [0, 0.1) is 10.5 Å². The van der Waals surface area contributed by atoms with Crippen molar-refractivity contribution < 1.29 is 9.84 Å². The zero-order valence-corrected chi connectivity index (χ0v) is 13.2. The lowest BCUT2D eigenvalue weighted by molar-refractivity contribution is 0.177. The van der Waals surface area contributed by atoms with Gasteiger partial charge in [0.15, 0.2) is 0 Å². The summed E-state index contributed by atoms with van der Waals surface area (Å²) in [5.41, 5.74) is 3.14. The molecule has 0 aliphatic carbocycles. The molecule has 0 aliphatic rings. The number of ether oxygens (including phenoxy) is 1. The maximum atomic E-state index is 10.3. The number of aryl methyl sites for hydroxylation is 1. The van der Waals surface area contributed by atoms with Gasteiger partial charge in [-0.15, -0.1) is 0 Å². The summed E-state index contributed by atoms with van der Waals surface area (Å²) in [7, 11) is 1.66. The Morgan fingerprint density at radius 1 is 1.16 bits per heavy atom. The number of methoxy groups -OCH3 is 1. The lowest BCUT2D eigenvalue weighted by Gasteiger charge is -2.14. The standard InChI is InChI=1S/C16H17IO2/c1-11-3-8-16(19-2)13(9-11)10-15(18)12-4-6-14(17)7-5-12/h3-9,15,18H,10H2,1-2H3. The first-order valence-electron chi connectivity index (χ1n) is 6.17. The minimum absolute atomic E-state index is 0.507. The highest BCUT2D eigenvalue weighted by Crippen LogP contribution is 2.26. The smallest absolute Gasteiger partial charge is 0.122 e. The van der Waals surface area contributed by atoms with Crippen LogP contribution < -0.4 is 4.74 Å². The fraction of sp³-hybridized carbons (Fsp3) is 0.250. The lowest BCUT2D eigenvalue weighted by Crippen LogP contribution is -2.03. The van der Waals surface area contributed by atoms with E-state index in [4.69, 9.17) is 4.74 Å². The largest absolute Gasteiger partial charge is 0.496 e. The van der Waals surface area contributed by atoms with Gasteiger partial charge in [-0.1, -0.05) is 29.8 Å². The Morgan fingerprint density at radius 3 is 2.47 bits per heavy atom. The molecule has 3 heteroatoms. The Labute approximate surface area is 127 Å². The monoisotopic (exact) mass is 368 g/mol. The summed E-state index contributed by atoms with van der Waals surface area (Å²) in [6.07, 6.45) is 0.0542. The highest BCUT2D eigenvalue weighted by Gasteiger charge is 2.12. The molecule has 2 nitrogen and oxygen atoms in total. The number of aliphatic hydroxyl groups excluding tert-OH is 1. The maximum absolute atomic E-state index is 10.3. The Kier molecular flexibility index (Phi) is 4.82. The van der Waals surface area contributed by atoms with Crippen LogP contribution in [-0.4, -0.2) is 12.2 Å². The number of rotatable bonds is 4. The van der Waals surface area contributed by atoms with E-state index >= 15 is 0 Å². The zero-order chi connectivity index (χ0) is 13.8. The number of halogens is 1. The highest BCUT2D eigenvalue weighted by atomic mass is 127. The molecule has 0 saturated carbocycles. The SMILES string of the molecule is COc1ccc(C)cc1CC(O)c1ccc(I)cc1. The molecule has 2 aromatic carbocycles. The molecular weight excluding hydrogens is 351 g/mol. The van der Waals surface area contributed by atoms with Gasteiger partial charge in [0.25, 0.3) is 0 Å². The summed E-state index contributed by atoms with van der Waals surface area (Å²) in [6, 6.07) is 14.0. The lowest BCUT2D eigenvalue weighted by atomic mass is 9.99. The van der Waals surface area contributed by atoms with Crippen LogP contribution in [0.1, 0.15) is 22.8 Å². The van der Waals surface area contributed by atoms with Crippen molar-refractivity contribution in [3.8, 4) is 5.75 Å². The number of benzene rings is 2. The number of hydrogen-bond acceptors (Lipinski definition) is 2. The highest BCUT2D eigenvalue weighted by molar-refractivity contribution is 14.1. The van der Waals surface area contributed by atoms with Crippen LogP contribution in [0.4, 0.5) is 0 Å². The van der Waals surface area contributed by atoms with E-state index in [0.717, 1.165) is 16.9 Å². The molecule has 0 fully saturated rings. The van der Waals surface area contributed by atoms with Crippen molar-refractivity contribution in [3.63, 3.8) is 0 Å². The van der Waals surface area contributed by atoms with Crippen LogP contribution in [0.5, 0.6) is 5.75 Å².